The number of nitrogens with one attached hydrogen (secondary N) is 1. The lowest BCUT2D eigenvalue weighted by Gasteiger charge is -2.36. The van der Waals surface area contributed by atoms with Gasteiger partial charge in [-0.2, -0.15) is 0 Å². The Morgan fingerprint density at radius 2 is 2.00 bits per heavy atom. The zero-order valence-corrected chi connectivity index (χ0v) is 13.3. The summed E-state index contributed by atoms with van der Waals surface area (Å²) in [5.74, 6) is -0.114. The lowest BCUT2D eigenvalue weighted by Crippen LogP contribution is -2.45. The number of rotatable bonds is 5. The minimum absolute atomic E-state index is 0. The summed E-state index contributed by atoms with van der Waals surface area (Å²) < 4.78 is 13.6. The second-order valence-corrected chi connectivity index (χ2v) is 5.44. The van der Waals surface area contributed by atoms with E-state index in [1.54, 1.807) is 12.1 Å². The first-order valence-corrected chi connectivity index (χ1v) is 7.43. The van der Waals surface area contributed by atoms with Gasteiger partial charge in [0.25, 0.3) is 0 Å². The monoisotopic (exact) mass is 300 g/mol. The van der Waals surface area contributed by atoms with Crippen molar-refractivity contribution in [1.82, 2.24) is 10.2 Å². The van der Waals surface area contributed by atoms with Crippen LogP contribution in [-0.2, 0) is 0 Å². The summed E-state index contributed by atoms with van der Waals surface area (Å²) in [6, 6.07) is 5.58. The molecule has 1 aromatic rings. The molecule has 0 bridgehead atoms. The van der Waals surface area contributed by atoms with Crippen LogP contribution >= 0.6 is 12.4 Å². The first-order chi connectivity index (χ1) is 9.22. The average Bonchev–Trinajstić information content (AvgIpc) is 2.44. The molecule has 1 saturated heterocycles. The van der Waals surface area contributed by atoms with Gasteiger partial charge in [-0.1, -0.05) is 25.8 Å². The van der Waals surface area contributed by atoms with E-state index < -0.39 is 0 Å². The SMILES string of the molecule is CCCC[C@H](c1cc(F)ccc1C)N1CCNCC1.Cl. The van der Waals surface area contributed by atoms with Crippen LogP contribution in [0.4, 0.5) is 4.39 Å². The molecule has 1 heterocycles. The van der Waals surface area contributed by atoms with Crippen LogP contribution in [0.2, 0.25) is 0 Å². The van der Waals surface area contributed by atoms with E-state index in [1.807, 2.05) is 6.07 Å². The lowest BCUT2D eigenvalue weighted by molar-refractivity contribution is 0.162. The smallest absolute Gasteiger partial charge is 0.123 e. The van der Waals surface area contributed by atoms with Crippen LogP contribution in [0.5, 0.6) is 0 Å². The predicted molar refractivity (Wildman–Crippen MR) is 85.1 cm³/mol. The summed E-state index contributed by atoms with van der Waals surface area (Å²) in [5, 5.41) is 3.39. The summed E-state index contributed by atoms with van der Waals surface area (Å²) in [5.41, 5.74) is 2.39. The molecule has 0 saturated carbocycles. The number of piperazine rings is 1. The molecule has 1 aromatic carbocycles. The molecule has 0 spiro atoms. The van der Waals surface area contributed by atoms with Crippen molar-refractivity contribution < 1.29 is 4.39 Å². The zero-order valence-electron chi connectivity index (χ0n) is 12.5. The molecule has 1 atom stereocenters. The molecule has 1 aliphatic rings. The first kappa shape index (κ1) is 17.4. The Morgan fingerprint density at radius 1 is 1.30 bits per heavy atom. The van der Waals surface area contributed by atoms with Gasteiger partial charge in [0.1, 0.15) is 5.82 Å². The summed E-state index contributed by atoms with van der Waals surface area (Å²) >= 11 is 0. The fourth-order valence-corrected chi connectivity index (χ4v) is 2.90. The van der Waals surface area contributed by atoms with Gasteiger partial charge in [0.15, 0.2) is 0 Å². The van der Waals surface area contributed by atoms with Gasteiger partial charge in [-0.3, -0.25) is 4.90 Å². The minimum Gasteiger partial charge on any atom is -0.314 e. The molecular formula is C16H26ClFN2. The molecule has 2 nitrogen and oxygen atoms in total. The molecule has 20 heavy (non-hydrogen) atoms. The van der Waals surface area contributed by atoms with E-state index in [4.69, 9.17) is 0 Å². The van der Waals surface area contributed by atoms with Gasteiger partial charge < -0.3 is 5.32 Å². The third-order valence-corrected chi connectivity index (χ3v) is 4.02. The molecular weight excluding hydrogens is 275 g/mol. The summed E-state index contributed by atoms with van der Waals surface area (Å²) in [4.78, 5) is 2.51. The van der Waals surface area contributed by atoms with Gasteiger partial charge in [0.2, 0.25) is 0 Å². The molecule has 114 valence electrons. The summed E-state index contributed by atoms with van der Waals surface area (Å²) in [7, 11) is 0. The van der Waals surface area contributed by atoms with Gasteiger partial charge in [-0.05, 0) is 36.6 Å². The van der Waals surface area contributed by atoms with Crippen molar-refractivity contribution >= 4 is 12.4 Å². The van der Waals surface area contributed by atoms with Crippen molar-refractivity contribution in [3.63, 3.8) is 0 Å². The maximum Gasteiger partial charge on any atom is 0.123 e. The zero-order chi connectivity index (χ0) is 13.7. The number of halogens is 2. The van der Waals surface area contributed by atoms with Crippen LogP contribution < -0.4 is 5.32 Å². The van der Waals surface area contributed by atoms with E-state index in [0.717, 1.165) is 32.6 Å². The van der Waals surface area contributed by atoms with Crippen LogP contribution in [0.25, 0.3) is 0 Å². The highest BCUT2D eigenvalue weighted by Gasteiger charge is 2.23. The van der Waals surface area contributed by atoms with Crippen molar-refractivity contribution in [3.05, 3.63) is 35.1 Å². The molecule has 0 amide bonds. The van der Waals surface area contributed by atoms with Gasteiger partial charge in [-0.25, -0.2) is 4.39 Å². The standard InChI is InChI=1S/C16H25FN2.ClH/c1-3-4-5-16(19-10-8-18-9-11-19)15-12-14(17)7-6-13(15)2;/h6-7,12,16,18H,3-5,8-11H2,1-2H3;1H/t16-;/m1./s1. The van der Waals surface area contributed by atoms with E-state index >= 15 is 0 Å². The van der Waals surface area contributed by atoms with Crippen LogP contribution in [0.3, 0.4) is 0 Å². The molecule has 1 fully saturated rings. The summed E-state index contributed by atoms with van der Waals surface area (Å²) in [6.07, 6.45) is 3.52. The van der Waals surface area contributed by atoms with Crippen LogP contribution in [0.15, 0.2) is 18.2 Å². The van der Waals surface area contributed by atoms with Crippen LogP contribution in [-0.4, -0.2) is 31.1 Å². The lowest BCUT2D eigenvalue weighted by atomic mass is 9.95. The molecule has 0 radical (unpaired) electrons. The number of nitrogens with zero attached hydrogens (tertiary/aromatic N) is 1. The molecule has 2 rings (SSSR count). The Bertz CT molecular complexity index is 405. The van der Waals surface area contributed by atoms with Gasteiger partial charge in [0, 0.05) is 32.2 Å². The molecule has 0 unspecified atom stereocenters. The van der Waals surface area contributed by atoms with Crippen molar-refractivity contribution in [2.45, 2.75) is 39.2 Å². The number of benzene rings is 1. The van der Waals surface area contributed by atoms with Crippen LogP contribution in [0.1, 0.15) is 43.4 Å². The number of hydrogen-bond acceptors (Lipinski definition) is 2. The van der Waals surface area contributed by atoms with Crippen LogP contribution in [0, 0.1) is 12.7 Å². The molecule has 4 heteroatoms. The highest BCUT2D eigenvalue weighted by molar-refractivity contribution is 5.85. The molecule has 0 aliphatic carbocycles. The third-order valence-electron chi connectivity index (χ3n) is 4.02. The van der Waals surface area contributed by atoms with Crippen molar-refractivity contribution in [3.8, 4) is 0 Å². The van der Waals surface area contributed by atoms with E-state index in [-0.39, 0.29) is 18.2 Å². The van der Waals surface area contributed by atoms with Crippen molar-refractivity contribution in [2.75, 3.05) is 26.2 Å². The maximum atomic E-state index is 13.6. The highest BCUT2D eigenvalue weighted by atomic mass is 35.5. The number of unbranched alkanes of at least 4 members (excludes halogenated alkanes) is 1. The Kier molecular flexibility index (Phi) is 7.49. The topological polar surface area (TPSA) is 15.3 Å². The van der Waals surface area contributed by atoms with E-state index in [1.165, 1.54) is 24.0 Å². The molecule has 0 aromatic heterocycles. The number of hydrogen-bond donors (Lipinski definition) is 1. The maximum absolute atomic E-state index is 13.6. The second kappa shape index (κ2) is 8.60. The number of aryl methyl sites for hydroxylation is 1. The Hall–Kier alpha value is -0.640. The van der Waals surface area contributed by atoms with Gasteiger partial charge >= 0.3 is 0 Å². The van der Waals surface area contributed by atoms with E-state index in [0.29, 0.717) is 6.04 Å². The highest BCUT2D eigenvalue weighted by Crippen LogP contribution is 2.29. The predicted octanol–water partition coefficient (Wildman–Crippen LogP) is 3.69. The molecule has 1 aliphatic heterocycles. The van der Waals surface area contributed by atoms with Crippen molar-refractivity contribution in [2.24, 2.45) is 0 Å². The Balaban J connectivity index is 0.00000200. The minimum atomic E-state index is -0.114. The fraction of sp³-hybridized carbons (Fsp3) is 0.625. The third kappa shape index (κ3) is 4.44. The average molecular weight is 301 g/mol. The van der Waals surface area contributed by atoms with Gasteiger partial charge in [-0.15, -0.1) is 12.4 Å². The Morgan fingerprint density at radius 3 is 2.65 bits per heavy atom. The summed E-state index contributed by atoms with van der Waals surface area (Å²) in [6.45, 7) is 8.51. The normalized spacial score (nSPS) is 17.6. The Labute approximate surface area is 128 Å². The fourth-order valence-electron chi connectivity index (χ4n) is 2.90. The second-order valence-electron chi connectivity index (χ2n) is 5.44. The van der Waals surface area contributed by atoms with E-state index in [2.05, 4.69) is 24.1 Å². The largest absolute Gasteiger partial charge is 0.314 e. The van der Waals surface area contributed by atoms with Gasteiger partial charge in [0.05, 0.1) is 0 Å². The molecule has 1 N–H and O–H groups in total. The quantitative estimate of drug-likeness (QED) is 0.892. The van der Waals surface area contributed by atoms with Crippen molar-refractivity contribution in [1.29, 1.82) is 0 Å². The van der Waals surface area contributed by atoms with E-state index in [9.17, 15) is 4.39 Å². The first-order valence-electron chi connectivity index (χ1n) is 7.43.